The van der Waals surface area contributed by atoms with Gasteiger partial charge in [-0.15, -0.1) is 0 Å². The van der Waals surface area contributed by atoms with Crippen molar-refractivity contribution in [2.75, 3.05) is 4.72 Å². The highest BCUT2D eigenvalue weighted by atomic mass is 32.2. The monoisotopic (exact) mass is 257 g/mol. The van der Waals surface area contributed by atoms with E-state index >= 15 is 0 Å². The van der Waals surface area contributed by atoms with Gasteiger partial charge >= 0.3 is 0 Å². The molecule has 0 radical (unpaired) electrons. The van der Waals surface area contributed by atoms with Crippen LogP contribution in [-0.4, -0.2) is 14.5 Å². The van der Waals surface area contributed by atoms with Crippen molar-refractivity contribution in [1.29, 1.82) is 0 Å². The van der Waals surface area contributed by atoms with Crippen molar-refractivity contribution in [1.82, 2.24) is 4.72 Å². The van der Waals surface area contributed by atoms with Gasteiger partial charge in [-0.3, -0.25) is 4.72 Å². The van der Waals surface area contributed by atoms with E-state index in [-0.39, 0.29) is 6.04 Å². The third-order valence-corrected chi connectivity index (χ3v) is 3.52. The molecule has 0 spiro atoms. The van der Waals surface area contributed by atoms with Gasteiger partial charge in [0.2, 0.25) is 0 Å². The molecule has 4 N–H and O–H groups in total. The number of aryl methyl sites for hydroxylation is 1. The highest BCUT2D eigenvalue weighted by Crippen LogP contribution is 2.19. The minimum Gasteiger partial charge on any atom is -0.326 e. The molecule has 0 saturated carbocycles. The van der Waals surface area contributed by atoms with Crippen molar-refractivity contribution in [3.8, 4) is 0 Å². The molecule has 0 aliphatic heterocycles. The summed E-state index contributed by atoms with van der Waals surface area (Å²) >= 11 is 0. The molecule has 5 nitrogen and oxygen atoms in total. The Balaban J connectivity index is 3.00. The minimum atomic E-state index is -3.54. The number of benzene rings is 1. The van der Waals surface area contributed by atoms with Crippen LogP contribution in [0, 0.1) is 6.92 Å². The Bertz CT molecular complexity index is 483. The number of nitrogens with two attached hydrogens (primary N) is 1. The second kappa shape index (κ2) is 5.48. The van der Waals surface area contributed by atoms with Gasteiger partial charge in [0.1, 0.15) is 0 Å². The predicted octanol–water partition coefficient (Wildman–Crippen LogP) is 1.11. The first kappa shape index (κ1) is 14.0. The average Bonchev–Trinajstić information content (AvgIpc) is 2.14. The first-order valence-corrected chi connectivity index (χ1v) is 6.92. The van der Waals surface area contributed by atoms with E-state index in [0.717, 1.165) is 11.1 Å². The fourth-order valence-electron chi connectivity index (χ4n) is 1.55. The zero-order valence-electron chi connectivity index (χ0n) is 10.3. The van der Waals surface area contributed by atoms with Crippen molar-refractivity contribution >= 4 is 15.9 Å². The molecule has 96 valence electrons. The van der Waals surface area contributed by atoms with Gasteiger partial charge in [-0.05, 0) is 38.0 Å². The standard InChI is InChI=1S/C11H19N3O2S/c1-8(2)13-17(15,16)14-11-6-4-5-9(3)10(11)7-12/h4-6,8,13-14H,7,12H2,1-3H3. The van der Waals surface area contributed by atoms with Gasteiger partial charge in [0.25, 0.3) is 10.2 Å². The lowest BCUT2D eigenvalue weighted by Crippen LogP contribution is -2.35. The fourth-order valence-corrected chi connectivity index (χ4v) is 2.71. The first-order valence-electron chi connectivity index (χ1n) is 5.44. The maximum Gasteiger partial charge on any atom is 0.299 e. The van der Waals surface area contributed by atoms with E-state index in [0.29, 0.717) is 12.2 Å². The van der Waals surface area contributed by atoms with Crippen LogP contribution < -0.4 is 15.2 Å². The molecule has 0 bridgehead atoms. The maximum atomic E-state index is 11.7. The zero-order chi connectivity index (χ0) is 13.1. The molecule has 0 aliphatic carbocycles. The van der Waals surface area contributed by atoms with Crippen molar-refractivity contribution in [2.45, 2.75) is 33.4 Å². The van der Waals surface area contributed by atoms with Crippen molar-refractivity contribution < 1.29 is 8.42 Å². The van der Waals surface area contributed by atoms with Gasteiger partial charge < -0.3 is 5.73 Å². The number of anilines is 1. The van der Waals surface area contributed by atoms with Crippen LogP contribution in [0.5, 0.6) is 0 Å². The van der Waals surface area contributed by atoms with E-state index in [1.54, 1.807) is 26.0 Å². The van der Waals surface area contributed by atoms with Crippen molar-refractivity contribution in [3.05, 3.63) is 29.3 Å². The third-order valence-electron chi connectivity index (χ3n) is 2.25. The molecule has 6 heteroatoms. The number of hydrogen-bond donors (Lipinski definition) is 3. The molecule has 1 rings (SSSR count). The van der Waals surface area contributed by atoms with Crippen LogP contribution in [0.15, 0.2) is 18.2 Å². The second-order valence-corrected chi connectivity index (χ2v) is 5.63. The Hall–Kier alpha value is -1.11. The van der Waals surface area contributed by atoms with Crippen LogP contribution in [0.3, 0.4) is 0 Å². The van der Waals surface area contributed by atoms with Crippen LogP contribution in [0.4, 0.5) is 5.69 Å². The summed E-state index contributed by atoms with van der Waals surface area (Å²) in [6.07, 6.45) is 0. The summed E-state index contributed by atoms with van der Waals surface area (Å²) in [7, 11) is -3.54. The summed E-state index contributed by atoms with van der Waals surface area (Å²) in [6, 6.07) is 5.24. The molecule has 0 amide bonds. The van der Waals surface area contributed by atoms with Gasteiger partial charge in [-0.2, -0.15) is 13.1 Å². The Labute approximate surface area is 103 Å². The second-order valence-electron chi connectivity index (χ2n) is 4.18. The van der Waals surface area contributed by atoms with E-state index in [9.17, 15) is 8.42 Å². The smallest absolute Gasteiger partial charge is 0.299 e. The molecule has 0 aromatic heterocycles. The van der Waals surface area contributed by atoms with Gasteiger partial charge in [0, 0.05) is 12.6 Å². The molecular weight excluding hydrogens is 238 g/mol. The normalized spacial score (nSPS) is 11.8. The highest BCUT2D eigenvalue weighted by molar-refractivity contribution is 7.90. The minimum absolute atomic E-state index is 0.154. The van der Waals surface area contributed by atoms with E-state index in [1.807, 2.05) is 13.0 Å². The lowest BCUT2D eigenvalue weighted by Gasteiger charge is -2.15. The van der Waals surface area contributed by atoms with E-state index < -0.39 is 10.2 Å². The number of rotatable bonds is 5. The van der Waals surface area contributed by atoms with Crippen LogP contribution in [0.2, 0.25) is 0 Å². The molecule has 0 heterocycles. The third kappa shape index (κ3) is 3.99. The van der Waals surface area contributed by atoms with Crippen LogP contribution in [0.1, 0.15) is 25.0 Å². The largest absolute Gasteiger partial charge is 0.326 e. The Morgan fingerprint density at radius 2 is 2.00 bits per heavy atom. The first-order chi connectivity index (χ1) is 7.85. The molecule has 0 atom stereocenters. The summed E-state index contributed by atoms with van der Waals surface area (Å²) in [5.41, 5.74) is 7.92. The van der Waals surface area contributed by atoms with Crippen molar-refractivity contribution in [2.24, 2.45) is 5.73 Å². The number of nitrogens with one attached hydrogen (secondary N) is 2. The lowest BCUT2D eigenvalue weighted by atomic mass is 10.1. The molecule has 1 aromatic carbocycles. The van der Waals surface area contributed by atoms with Crippen LogP contribution in [-0.2, 0) is 16.8 Å². The molecule has 0 unspecified atom stereocenters. The Kier molecular flexibility index (Phi) is 4.50. The molecule has 1 aromatic rings. The van der Waals surface area contributed by atoms with Crippen LogP contribution in [0.25, 0.3) is 0 Å². The average molecular weight is 257 g/mol. The summed E-state index contributed by atoms with van der Waals surface area (Å²) in [4.78, 5) is 0. The summed E-state index contributed by atoms with van der Waals surface area (Å²) in [6.45, 7) is 5.72. The molecule has 17 heavy (non-hydrogen) atoms. The van der Waals surface area contributed by atoms with Gasteiger partial charge in [0.15, 0.2) is 0 Å². The van der Waals surface area contributed by atoms with E-state index in [4.69, 9.17) is 5.73 Å². The molecule has 0 saturated heterocycles. The zero-order valence-corrected chi connectivity index (χ0v) is 11.1. The van der Waals surface area contributed by atoms with Crippen molar-refractivity contribution in [3.63, 3.8) is 0 Å². The summed E-state index contributed by atoms with van der Waals surface area (Å²) < 4.78 is 28.4. The quantitative estimate of drug-likeness (QED) is 0.738. The Morgan fingerprint density at radius 3 is 2.53 bits per heavy atom. The SMILES string of the molecule is Cc1cccc(NS(=O)(=O)NC(C)C)c1CN. The molecule has 0 fully saturated rings. The van der Waals surface area contributed by atoms with Gasteiger partial charge in [0.05, 0.1) is 5.69 Å². The van der Waals surface area contributed by atoms with Gasteiger partial charge in [-0.1, -0.05) is 12.1 Å². The van der Waals surface area contributed by atoms with E-state index in [1.165, 1.54) is 0 Å². The predicted molar refractivity (Wildman–Crippen MR) is 69.9 cm³/mol. The highest BCUT2D eigenvalue weighted by Gasteiger charge is 2.13. The maximum absolute atomic E-state index is 11.7. The number of hydrogen-bond acceptors (Lipinski definition) is 3. The molecular formula is C11H19N3O2S. The van der Waals surface area contributed by atoms with E-state index in [2.05, 4.69) is 9.44 Å². The topological polar surface area (TPSA) is 84.2 Å². The lowest BCUT2D eigenvalue weighted by molar-refractivity contribution is 0.575. The summed E-state index contributed by atoms with van der Waals surface area (Å²) in [5, 5.41) is 0. The van der Waals surface area contributed by atoms with Crippen LogP contribution >= 0.6 is 0 Å². The molecule has 0 aliphatic rings. The summed E-state index contributed by atoms with van der Waals surface area (Å²) in [5.74, 6) is 0. The fraction of sp³-hybridized carbons (Fsp3) is 0.455. The Morgan fingerprint density at radius 1 is 1.35 bits per heavy atom. The van der Waals surface area contributed by atoms with Gasteiger partial charge in [-0.25, -0.2) is 0 Å².